The molecular weight excluding hydrogens is 769 g/mol. The lowest BCUT2D eigenvalue weighted by molar-refractivity contribution is -0.166. The Morgan fingerprint density at radius 2 is 0.694 bits per heavy atom. The number of allylic oxidation sites excluding steroid dienone is 11. The molecule has 0 spiro atoms. The summed E-state index contributed by atoms with van der Waals surface area (Å²) in [6.45, 7) is 6.43. The number of hydrogen-bond acceptors (Lipinski definition) is 6. The van der Waals surface area contributed by atoms with Crippen molar-refractivity contribution in [1.29, 1.82) is 0 Å². The highest BCUT2D eigenvalue weighted by Gasteiger charge is 2.19. The normalized spacial score (nSPS) is 12.6. The minimum Gasteiger partial charge on any atom is -0.462 e. The van der Waals surface area contributed by atoms with E-state index in [-0.39, 0.29) is 31.6 Å². The average Bonchev–Trinajstić information content (AvgIpc) is 3.27. The van der Waals surface area contributed by atoms with E-state index in [1.54, 1.807) is 6.08 Å². The summed E-state index contributed by atoms with van der Waals surface area (Å²) in [5.74, 6) is -1.05. The van der Waals surface area contributed by atoms with Crippen molar-refractivity contribution >= 4 is 17.9 Å². The van der Waals surface area contributed by atoms with Crippen molar-refractivity contribution in [2.45, 2.75) is 252 Å². The molecule has 0 saturated heterocycles. The van der Waals surface area contributed by atoms with Gasteiger partial charge in [0.2, 0.25) is 0 Å². The van der Waals surface area contributed by atoms with Gasteiger partial charge in [-0.2, -0.15) is 0 Å². The van der Waals surface area contributed by atoms with E-state index < -0.39 is 12.1 Å². The molecule has 0 bridgehead atoms. The van der Waals surface area contributed by atoms with Gasteiger partial charge < -0.3 is 14.2 Å². The van der Waals surface area contributed by atoms with Crippen molar-refractivity contribution in [3.8, 4) is 0 Å². The van der Waals surface area contributed by atoms with E-state index in [2.05, 4.69) is 81.5 Å². The van der Waals surface area contributed by atoms with E-state index >= 15 is 0 Å². The van der Waals surface area contributed by atoms with Gasteiger partial charge in [-0.1, -0.05) is 229 Å². The molecule has 0 aliphatic heterocycles. The number of carbonyl (C=O) groups is 3. The predicted molar refractivity (Wildman–Crippen MR) is 265 cm³/mol. The molecule has 1 unspecified atom stereocenters. The SMILES string of the molecule is CC/C=C\C/C=C\C/C=C\C/C=C\C/C=C\CC(=O)OCC(COC(=O)CCCCCCCCCCCCCCCC)OC(=O)CCCCCCC/C=C\CCCCCCCC. The first-order valence-corrected chi connectivity index (χ1v) is 25.9. The molecule has 0 aromatic rings. The van der Waals surface area contributed by atoms with Crippen LogP contribution in [0.3, 0.4) is 0 Å². The van der Waals surface area contributed by atoms with Crippen LogP contribution in [0.4, 0.5) is 0 Å². The lowest BCUT2D eigenvalue weighted by Gasteiger charge is -2.18. The first-order valence-electron chi connectivity index (χ1n) is 25.9. The van der Waals surface area contributed by atoms with E-state index in [0.717, 1.165) is 83.5 Å². The second kappa shape index (κ2) is 50.5. The summed E-state index contributed by atoms with van der Waals surface area (Å²) in [4.78, 5) is 37.9. The lowest BCUT2D eigenvalue weighted by Crippen LogP contribution is -2.30. The zero-order valence-electron chi connectivity index (χ0n) is 40.6. The Kier molecular flexibility index (Phi) is 47.9. The highest BCUT2D eigenvalue weighted by atomic mass is 16.6. The van der Waals surface area contributed by atoms with Crippen LogP contribution in [0.2, 0.25) is 0 Å². The van der Waals surface area contributed by atoms with Crippen molar-refractivity contribution in [3.05, 3.63) is 72.9 Å². The van der Waals surface area contributed by atoms with Crippen LogP contribution in [0.1, 0.15) is 245 Å². The Labute approximate surface area is 382 Å². The van der Waals surface area contributed by atoms with Gasteiger partial charge in [0.1, 0.15) is 13.2 Å². The molecule has 0 fully saturated rings. The van der Waals surface area contributed by atoms with Crippen molar-refractivity contribution in [1.82, 2.24) is 0 Å². The maximum absolute atomic E-state index is 12.8. The van der Waals surface area contributed by atoms with Gasteiger partial charge in [-0.05, 0) is 70.6 Å². The van der Waals surface area contributed by atoms with Crippen LogP contribution in [0, 0.1) is 0 Å². The topological polar surface area (TPSA) is 78.9 Å². The quantitative estimate of drug-likeness (QED) is 0.0262. The fraction of sp³-hybridized carbons (Fsp3) is 0.732. The predicted octanol–water partition coefficient (Wildman–Crippen LogP) is 17.0. The molecule has 0 saturated carbocycles. The molecule has 6 heteroatoms. The van der Waals surface area contributed by atoms with Crippen molar-refractivity contribution in [2.24, 2.45) is 0 Å². The van der Waals surface area contributed by atoms with Crippen LogP contribution < -0.4 is 0 Å². The van der Waals surface area contributed by atoms with Crippen molar-refractivity contribution in [3.63, 3.8) is 0 Å². The highest BCUT2D eigenvalue weighted by Crippen LogP contribution is 2.15. The summed E-state index contributed by atoms with van der Waals surface area (Å²) in [5, 5.41) is 0. The summed E-state index contributed by atoms with van der Waals surface area (Å²) < 4.78 is 16.7. The van der Waals surface area contributed by atoms with Gasteiger partial charge in [0.05, 0.1) is 6.42 Å². The van der Waals surface area contributed by atoms with Gasteiger partial charge >= 0.3 is 17.9 Å². The molecule has 0 amide bonds. The van der Waals surface area contributed by atoms with Crippen LogP contribution >= 0.6 is 0 Å². The standard InChI is InChI=1S/C56H96O6/c1-4-7-10-13-16-19-22-25-28-31-34-37-40-43-46-49-55(58)61-52-53(51-60-54(57)48-45-42-39-36-33-30-27-24-21-18-15-12-9-6-3)62-56(59)50-47-44-41-38-35-32-29-26-23-20-17-14-11-8-5-2/h7,10,16,19,25-26,28-29,34,37,43,46,53H,4-6,8-9,11-15,17-18,20-24,27,30-33,35-36,38-42,44-45,47-52H2,1-3H3/b10-7-,19-16-,28-25-,29-26-,37-34-,46-43-. The monoisotopic (exact) mass is 865 g/mol. The zero-order valence-corrected chi connectivity index (χ0v) is 40.6. The Morgan fingerprint density at radius 3 is 1.11 bits per heavy atom. The molecule has 0 aromatic carbocycles. The van der Waals surface area contributed by atoms with E-state index in [1.807, 2.05) is 6.08 Å². The largest absolute Gasteiger partial charge is 0.462 e. The van der Waals surface area contributed by atoms with Gasteiger partial charge in [-0.3, -0.25) is 14.4 Å². The van der Waals surface area contributed by atoms with Gasteiger partial charge in [0.25, 0.3) is 0 Å². The number of rotatable bonds is 46. The molecule has 1 atom stereocenters. The number of hydrogen-bond donors (Lipinski definition) is 0. The lowest BCUT2D eigenvalue weighted by atomic mass is 10.0. The molecule has 62 heavy (non-hydrogen) atoms. The fourth-order valence-corrected chi connectivity index (χ4v) is 7.10. The second-order valence-electron chi connectivity index (χ2n) is 17.1. The first kappa shape index (κ1) is 58.9. The maximum atomic E-state index is 12.8. The summed E-state index contributed by atoms with van der Waals surface area (Å²) in [7, 11) is 0. The summed E-state index contributed by atoms with van der Waals surface area (Å²) >= 11 is 0. The van der Waals surface area contributed by atoms with E-state index in [1.165, 1.54) is 122 Å². The summed E-state index contributed by atoms with van der Waals surface area (Å²) in [6, 6.07) is 0. The number of esters is 3. The van der Waals surface area contributed by atoms with E-state index in [0.29, 0.717) is 12.8 Å². The van der Waals surface area contributed by atoms with Crippen LogP contribution in [0.25, 0.3) is 0 Å². The molecule has 0 aromatic heterocycles. The third-order valence-electron chi connectivity index (χ3n) is 11.0. The average molecular weight is 865 g/mol. The smallest absolute Gasteiger partial charge is 0.309 e. The first-order chi connectivity index (χ1) is 30.5. The Bertz CT molecular complexity index is 1180. The van der Waals surface area contributed by atoms with Gasteiger partial charge in [0.15, 0.2) is 6.10 Å². The molecule has 0 aliphatic rings. The number of carbonyl (C=O) groups excluding carboxylic acids is 3. The third kappa shape index (κ3) is 47.9. The molecule has 0 rings (SSSR count). The minimum atomic E-state index is -0.816. The number of ether oxygens (including phenoxy) is 3. The van der Waals surface area contributed by atoms with E-state index in [4.69, 9.17) is 14.2 Å². The summed E-state index contributed by atoms with van der Waals surface area (Å²) in [6.07, 6.45) is 63.4. The van der Waals surface area contributed by atoms with Crippen LogP contribution in [0.5, 0.6) is 0 Å². The Hall–Kier alpha value is -3.15. The van der Waals surface area contributed by atoms with Crippen LogP contribution in [0.15, 0.2) is 72.9 Å². The van der Waals surface area contributed by atoms with Crippen LogP contribution in [-0.4, -0.2) is 37.2 Å². The molecule has 0 radical (unpaired) electrons. The molecule has 0 N–H and O–H groups in total. The summed E-state index contributed by atoms with van der Waals surface area (Å²) in [5.41, 5.74) is 0. The molecule has 356 valence electrons. The van der Waals surface area contributed by atoms with Gasteiger partial charge in [-0.25, -0.2) is 0 Å². The molecule has 0 heterocycles. The molecule has 0 aliphatic carbocycles. The van der Waals surface area contributed by atoms with Crippen molar-refractivity contribution < 1.29 is 28.6 Å². The van der Waals surface area contributed by atoms with Crippen LogP contribution in [-0.2, 0) is 28.6 Å². The molecule has 6 nitrogen and oxygen atoms in total. The maximum Gasteiger partial charge on any atom is 0.309 e. The highest BCUT2D eigenvalue weighted by molar-refractivity contribution is 5.72. The molecular formula is C56H96O6. The Balaban J connectivity index is 4.50. The fourth-order valence-electron chi connectivity index (χ4n) is 7.10. The Morgan fingerprint density at radius 1 is 0.355 bits per heavy atom. The number of unbranched alkanes of at least 4 members (excludes halogenated alkanes) is 24. The van der Waals surface area contributed by atoms with Gasteiger partial charge in [-0.15, -0.1) is 0 Å². The second-order valence-corrected chi connectivity index (χ2v) is 17.1. The van der Waals surface area contributed by atoms with Gasteiger partial charge in [0, 0.05) is 12.8 Å². The minimum absolute atomic E-state index is 0.107. The zero-order chi connectivity index (χ0) is 45.1. The van der Waals surface area contributed by atoms with Crippen molar-refractivity contribution in [2.75, 3.05) is 13.2 Å². The van der Waals surface area contributed by atoms with E-state index in [9.17, 15) is 14.4 Å². The third-order valence-corrected chi connectivity index (χ3v) is 11.0.